The molecular weight excluding hydrogens is 701 g/mol. The van der Waals surface area contributed by atoms with Gasteiger partial charge in [0, 0.05) is 38.6 Å². The summed E-state index contributed by atoms with van der Waals surface area (Å²) in [4.78, 5) is 65.4. The molecule has 2 heterocycles. The summed E-state index contributed by atoms with van der Waals surface area (Å²) in [6.45, 7) is 8.10. The van der Waals surface area contributed by atoms with E-state index in [1.807, 2.05) is 20.8 Å². The summed E-state index contributed by atoms with van der Waals surface area (Å²) in [6.07, 6.45) is 4.28. The number of hydrogen-bond acceptors (Lipinski definition) is 9. The van der Waals surface area contributed by atoms with Crippen molar-refractivity contribution in [3.8, 4) is 0 Å². The largest absolute Gasteiger partial charge is 0.465 e. The topological polar surface area (TPSA) is 201 Å². The van der Waals surface area contributed by atoms with Gasteiger partial charge >= 0.3 is 18.2 Å². The van der Waals surface area contributed by atoms with E-state index in [1.165, 1.54) is 4.90 Å². The van der Waals surface area contributed by atoms with Crippen molar-refractivity contribution in [2.24, 2.45) is 17.8 Å². The van der Waals surface area contributed by atoms with Crippen molar-refractivity contribution in [1.82, 2.24) is 25.2 Å². The number of sulfonamides is 1. The summed E-state index contributed by atoms with van der Waals surface area (Å²) in [5, 5.41) is 14.4. The van der Waals surface area contributed by atoms with E-state index >= 15 is 0 Å². The molecule has 1 aromatic rings. The molecule has 0 bridgehead atoms. The number of likely N-dealkylation sites (tertiary alicyclic amines) is 2. The highest BCUT2D eigenvalue weighted by atomic mass is 32.2. The van der Waals surface area contributed by atoms with Crippen LogP contribution in [0.3, 0.4) is 0 Å². The summed E-state index contributed by atoms with van der Waals surface area (Å²) in [6, 6.07) is 2.51. The van der Waals surface area contributed by atoms with Gasteiger partial charge in [-0.15, -0.1) is 0 Å². The van der Waals surface area contributed by atoms with E-state index in [4.69, 9.17) is 9.47 Å². The van der Waals surface area contributed by atoms with Crippen LogP contribution in [0.15, 0.2) is 29.2 Å². The van der Waals surface area contributed by atoms with Gasteiger partial charge < -0.3 is 35.0 Å². The van der Waals surface area contributed by atoms with Gasteiger partial charge in [-0.25, -0.2) is 22.4 Å². The smallest absolute Gasteiger partial charge is 0.410 e. The highest BCUT2D eigenvalue weighted by Crippen LogP contribution is 2.29. The molecule has 0 aromatic heterocycles. The van der Waals surface area contributed by atoms with Crippen molar-refractivity contribution in [3.05, 3.63) is 30.1 Å². The summed E-state index contributed by atoms with van der Waals surface area (Å²) < 4.78 is 51.6. The van der Waals surface area contributed by atoms with Crippen LogP contribution in [-0.4, -0.2) is 111 Å². The van der Waals surface area contributed by atoms with Gasteiger partial charge in [0.15, 0.2) is 0 Å². The van der Waals surface area contributed by atoms with Crippen LogP contribution in [0.4, 0.5) is 14.0 Å². The number of nitrogens with one attached hydrogen (secondary N) is 3. The minimum atomic E-state index is -4.27. The standard InChI is InChI=1S/C35H54FN5O10S/c1-5-50-32(44)29(39-52(48,49)28-12-10-27(36)11-13-28)22-37-30(42)23-38-31(43)26(8-6-24-14-18-40(19-15-24)33(45)46)9-7-25-16-20-41(21-17-25)34(47)51-35(2,3)4/h10-13,24-26,29,39H,5-9,14-23H2,1-4H3,(H,37,42)(H,38,43)(H,45,46)/t26?,29-/m0/s1. The molecule has 17 heteroatoms. The van der Waals surface area contributed by atoms with Gasteiger partial charge in [0.05, 0.1) is 18.0 Å². The number of rotatable bonds is 16. The van der Waals surface area contributed by atoms with Crippen molar-refractivity contribution in [2.45, 2.75) is 95.6 Å². The average Bonchev–Trinajstić information content (AvgIpc) is 3.09. The zero-order valence-corrected chi connectivity index (χ0v) is 31.3. The van der Waals surface area contributed by atoms with Gasteiger partial charge in [-0.1, -0.05) is 0 Å². The van der Waals surface area contributed by atoms with Gasteiger partial charge in [0.1, 0.15) is 17.5 Å². The number of ether oxygens (including phenoxy) is 2. The molecule has 0 saturated carbocycles. The Bertz CT molecular complexity index is 1470. The molecule has 2 atom stereocenters. The van der Waals surface area contributed by atoms with Gasteiger partial charge in [-0.2, -0.15) is 4.72 Å². The first kappa shape index (κ1) is 42.4. The van der Waals surface area contributed by atoms with Gasteiger partial charge in [0.25, 0.3) is 0 Å². The van der Waals surface area contributed by atoms with E-state index in [-0.39, 0.29) is 29.4 Å². The fourth-order valence-corrected chi connectivity index (χ4v) is 7.48. The molecule has 0 aliphatic carbocycles. The zero-order chi connectivity index (χ0) is 38.5. The van der Waals surface area contributed by atoms with E-state index < -0.39 is 64.5 Å². The first-order chi connectivity index (χ1) is 24.5. The fourth-order valence-electron chi connectivity index (χ4n) is 6.30. The zero-order valence-electron chi connectivity index (χ0n) is 30.5. The van der Waals surface area contributed by atoms with Crippen molar-refractivity contribution in [1.29, 1.82) is 0 Å². The number of nitrogens with zero attached hydrogens (tertiary/aromatic N) is 2. The molecule has 3 rings (SSSR count). The third-order valence-electron chi connectivity index (χ3n) is 9.29. The minimum Gasteiger partial charge on any atom is -0.465 e. The molecule has 2 aliphatic heterocycles. The van der Waals surface area contributed by atoms with Crippen molar-refractivity contribution in [2.75, 3.05) is 45.9 Å². The number of esters is 1. The molecule has 2 fully saturated rings. The Morgan fingerprint density at radius 2 is 1.44 bits per heavy atom. The number of hydrogen-bond donors (Lipinski definition) is 4. The van der Waals surface area contributed by atoms with Crippen molar-refractivity contribution >= 4 is 40.0 Å². The lowest BCUT2D eigenvalue weighted by Crippen LogP contribution is -2.50. The average molecular weight is 756 g/mol. The molecule has 1 aromatic carbocycles. The van der Waals surface area contributed by atoms with E-state index in [9.17, 15) is 41.9 Å². The van der Waals surface area contributed by atoms with Crippen molar-refractivity contribution in [3.63, 3.8) is 0 Å². The van der Waals surface area contributed by atoms with Crippen LogP contribution in [0.25, 0.3) is 0 Å². The van der Waals surface area contributed by atoms with Crippen LogP contribution in [-0.2, 0) is 33.9 Å². The second-order valence-corrected chi connectivity index (χ2v) is 16.1. The summed E-state index contributed by atoms with van der Waals surface area (Å²) in [5.41, 5.74) is -0.582. The van der Waals surface area contributed by atoms with Crippen LogP contribution in [0.5, 0.6) is 0 Å². The van der Waals surface area contributed by atoms with Crippen LogP contribution in [0.2, 0.25) is 0 Å². The van der Waals surface area contributed by atoms with Crippen LogP contribution >= 0.6 is 0 Å². The van der Waals surface area contributed by atoms with Gasteiger partial charge in [-0.3, -0.25) is 14.4 Å². The highest BCUT2D eigenvalue weighted by Gasteiger charge is 2.31. The van der Waals surface area contributed by atoms with E-state index in [2.05, 4.69) is 15.4 Å². The summed E-state index contributed by atoms with van der Waals surface area (Å²) in [5.74, 6) is -2.38. The molecule has 292 valence electrons. The lowest BCUT2D eigenvalue weighted by atomic mass is 9.84. The Kier molecular flexibility index (Phi) is 16.1. The first-order valence-electron chi connectivity index (χ1n) is 17.9. The Hall–Kier alpha value is -3.99. The second kappa shape index (κ2) is 19.7. The molecule has 52 heavy (non-hydrogen) atoms. The predicted molar refractivity (Wildman–Crippen MR) is 188 cm³/mol. The van der Waals surface area contributed by atoms with Crippen molar-refractivity contribution < 1.29 is 51.4 Å². The molecule has 1 unspecified atom stereocenters. The molecule has 0 radical (unpaired) electrons. The molecular formula is C35H54FN5O10S. The predicted octanol–water partition coefficient (Wildman–Crippen LogP) is 3.48. The molecule has 4 N–H and O–H groups in total. The van der Waals surface area contributed by atoms with Crippen LogP contribution < -0.4 is 15.4 Å². The Labute approximate surface area is 305 Å². The van der Waals surface area contributed by atoms with Gasteiger partial charge in [-0.05, 0) is 115 Å². The number of piperidine rings is 2. The molecule has 0 spiro atoms. The molecule has 2 aliphatic rings. The third kappa shape index (κ3) is 14.2. The normalized spacial score (nSPS) is 17.2. The Balaban J connectivity index is 1.56. The Morgan fingerprint density at radius 1 is 0.904 bits per heavy atom. The summed E-state index contributed by atoms with van der Waals surface area (Å²) >= 11 is 0. The lowest BCUT2D eigenvalue weighted by molar-refractivity contribution is -0.145. The fraction of sp³-hybridized carbons (Fsp3) is 0.686. The number of benzene rings is 1. The monoisotopic (exact) mass is 755 g/mol. The SMILES string of the molecule is CCOC(=O)[C@H](CNC(=O)CNC(=O)C(CCC1CCN(C(=O)O)CC1)CCC1CCN(C(=O)OC(C)(C)C)CC1)NS(=O)(=O)c1ccc(F)cc1. The second-order valence-electron chi connectivity index (χ2n) is 14.4. The van der Waals surface area contributed by atoms with E-state index in [0.717, 1.165) is 49.9 Å². The quantitative estimate of drug-likeness (QED) is 0.181. The first-order valence-corrected chi connectivity index (χ1v) is 19.4. The lowest BCUT2D eigenvalue weighted by Gasteiger charge is -2.34. The maximum Gasteiger partial charge on any atom is 0.410 e. The number of carbonyl (C=O) groups excluding carboxylic acids is 4. The highest BCUT2D eigenvalue weighted by molar-refractivity contribution is 7.89. The number of halogens is 1. The number of carboxylic acid groups (broad SMARTS) is 1. The maximum atomic E-state index is 13.5. The van der Waals surface area contributed by atoms with Gasteiger partial charge in [0.2, 0.25) is 21.8 Å². The summed E-state index contributed by atoms with van der Waals surface area (Å²) in [7, 11) is -4.27. The third-order valence-corrected chi connectivity index (χ3v) is 10.8. The van der Waals surface area contributed by atoms with E-state index in [1.54, 1.807) is 11.8 Å². The molecule has 15 nitrogen and oxygen atoms in total. The minimum absolute atomic E-state index is 0.0411. The number of amides is 4. The Morgan fingerprint density at radius 3 is 1.94 bits per heavy atom. The number of carbonyl (C=O) groups is 5. The van der Waals surface area contributed by atoms with Crippen LogP contribution in [0, 0.1) is 23.6 Å². The van der Waals surface area contributed by atoms with E-state index in [0.29, 0.717) is 57.8 Å². The molecule has 4 amide bonds. The molecule has 2 saturated heterocycles. The van der Waals surface area contributed by atoms with Crippen LogP contribution in [0.1, 0.15) is 79.1 Å². The maximum absolute atomic E-state index is 13.5.